The Balaban J connectivity index is 1.61. The van der Waals surface area contributed by atoms with Gasteiger partial charge in [0, 0.05) is 17.1 Å². The molecule has 3 aromatic rings. The largest absolute Gasteiger partial charge is 0.493 e. The molecule has 0 spiro atoms. The zero-order valence-electron chi connectivity index (χ0n) is 17.1. The Morgan fingerprint density at radius 1 is 1.14 bits per heavy atom. The van der Waals surface area contributed by atoms with E-state index in [2.05, 4.69) is 68.2 Å². The Morgan fingerprint density at radius 2 is 1.93 bits per heavy atom. The van der Waals surface area contributed by atoms with Crippen LogP contribution < -0.4 is 10.5 Å². The third-order valence-corrected chi connectivity index (χ3v) is 5.38. The second-order valence-electron chi connectivity index (χ2n) is 9.01. The van der Waals surface area contributed by atoms with Gasteiger partial charge in [-0.2, -0.15) is 0 Å². The Labute approximate surface area is 167 Å². The van der Waals surface area contributed by atoms with Crippen LogP contribution in [0.3, 0.4) is 0 Å². The Bertz CT molecular complexity index is 964. The minimum absolute atomic E-state index is 0.158. The van der Waals surface area contributed by atoms with Crippen molar-refractivity contribution in [3.63, 3.8) is 0 Å². The maximum Gasteiger partial charge on any atom is 0.122 e. The van der Waals surface area contributed by atoms with Crippen LogP contribution >= 0.6 is 0 Å². The summed E-state index contributed by atoms with van der Waals surface area (Å²) in [5.74, 6) is 2.09. The Hall–Kier alpha value is -2.39. The monoisotopic (exact) mass is 374 g/mol. The molecule has 28 heavy (non-hydrogen) atoms. The molecule has 0 radical (unpaired) electrons. The molecule has 3 heteroatoms. The molecule has 1 heterocycles. The normalized spacial score (nSPS) is 15.6. The molecule has 2 N–H and O–H groups in total. The molecule has 0 amide bonds. The molecule has 0 aliphatic heterocycles. The highest BCUT2D eigenvalue weighted by Crippen LogP contribution is 2.46. The lowest BCUT2D eigenvalue weighted by Gasteiger charge is -2.24. The maximum absolute atomic E-state index is 6.26. The SMILES string of the molecule is C[C@H](COc1ccc(-c2ccnc3ccccc23)cc1C1CC1)CC(C)(C)N. The lowest BCUT2D eigenvalue weighted by Crippen LogP contribution is -2.35. The second kappa shape index (κ2) is 7.56. The van der Waals surface area contributed by atoms with E-state index in [1.807, 2.05) is 12.3 Å². The minimum Gasteiger partial charge on any atom is -0.493 e. The molecule has 1 aliphatic rings. The summed E-state index contributed by atoms with van der Waals surface area (Å²) in [5.41, 5.74) is 10.9. The Kier molecular flexibility index (Phi) is 5.11. The number of para-hydroxylation sites is 1. The number of ether oxygens (including phenoxy) is 1. The number of aromatic nitrogens is 1. The average Bonchev–Trinajstić information content (AvgIpc) is 3.50. The van der Waals surface area contributed by atoms with E-state index in [1.165, 1.54) is 34.9 Å². The molecule has 1 atom stereocenters. The predicted molar refractivity (Wildman–Crippen MR) is 117 cm³/mol. The first kappa shape index (κ1) is 18.9. The van der Waals surface area contributed by atoms with Crippen molar-refractivity contribution >= 4 is 10.9 Å². The lowest BCUT2D eigenvalue weighted by atomic mass is 9.93. The number of hydrogen-bond acceptors (Lipinski definition) is 3. The van der Waals surface area contributed by atoms with Gasteiger partial charge in [-0.1, -0.05) is 31.2 Å². The number of hydrogen-bond donors (Lipinski definition) is 1. The molecule has 0 saturated heterocycles. The van der Waals surface area contributed by atoms with Crippen LogP contribution in [0.25, 0.3) is 22.0 Å². The van der Waals surface area contributed by atoms with Crippen molar-refractivity contribution in [1.82, 2.24) is 4.98 Å². The summed E-state index contributed by atoms with van der Waals surface area (Å²) in [4.78, 5) is 4.50. The summed E-state index contributed by atoms with van der Waals surface area (Å²) >= 11 is 0. The molecular formula is C25H30N2O. The second-order valence-corrected chi connectivity index (χ2v) is 9.01. The van der Waals surface area contributed by atoms with Gasteiger partial charge in [-0.15, -0.1) is 0 Å². The first-order valence-electron chi connectivity index (χ1n) is 10.3. The summed E-state index contributed by atoms with van der Waals surface area (Å²) in [6, 6.07) is 17.1. The smallest absolute Gasteiger partial charge is 0.122 e. The van der Waals surface area contributed by atoms with E-state index >= 15 is 0 Å². The number of rotatable bonds is 7. The minimum atomic E-state index is -0.158. The standard InChI is InChI=1S/C25H30N2O/c1-17(15-25(2,3)26)16-28-24-11-10-19(14-22(24)18-8-9-18)20-12-13-27-23-7-5-4-6-21(20)23/h4-7,10-14,17-18H,8-9,15-16,26H2,1-3H3/t17-/m0/s1. The quantitative estimate of drug-likeness (QED) is 0.558. The van der Waals surface area contributed by atoms with Crippen LogP contribution in [-0.2, 0) is 0 Å². The molecule has 0 unspecified atom stereocenters. The van der Waals surface area contributed by atoms with Crippen LogP contribution in [0.4, 0.5) is 0 Å². The average molecular weight is 375 g/mol. The number of nitrogens with two attached hydrogens (primary N) is 1. The molecule has 1 aromatic heterocycles. The molecule has 1 fully saturated rings. The van der Waals surface area contributed by atoms with Crippen LogP contribution in [0.1, 0.15) is 51.5 Å². The van der Waals surface area contributed by atoms with Gasteiger partial charge in [0.25, 0.3) is 0 Å². The van der Waals surface area contributed by atoms with Crippen LogP contribution in [0.15, 0.2) is 54.7 Å². The maximum atomic E-state index is 6.26. The third-order valence-electron chi connectivity index (χ3n) is 5.38. The van der Waals surface area contributed by atoms with Gasteiger partial charge in [0.1, 0.15) is 5.75 Å². The summed E-state index contributed by atoms with van der Waals surface area (Å²) in [6.07, 6.45) is 5.35. The van der Waals surface area contributed by atoms with Crippen LogP contribution in [0.2, 0.25) is 0 Å². The summed E-state index contributed by atoms with van der Waals surface area (Å²) < 4.78 is 6.26. The van der Waals surface area contributed by atoms with E-state index in [9.17, 15) is 0 Å². The van der Waals surface area contributed by atoms with Crippen LogP contribution in [-0.4, -0.2) is 17.1 Å². The third kappa shape index (κ3) is 4.36. The van der Waals surface area contributed by atoms with Crippen molar-refractivity contribution in [2.45, 2.75) is 51.5 Å². The van der Waals surface area contributed by atoms with Gasteiger partial charge in [-0.05, 0) is 85.9 Å². The van der Waals surface area contributed by atoms with Crippen molar-refractivity contribution in [1.29, 1.82) is 0 Å². The van der Waals surface area contributed by atoms with Crippen molar-refractivity contribution in [3.05, 3.63) is 60.3 Å². The lowest BCUT2D eigenvalue weighted by molar-refractivity contribution is 0.227. The van der Waals surface area contributed by atoms with Gasteiger partial charge < -0.3 is 10.5 Å². The molecule has 1 saturated carbocycles. The number of fused-ring (bicyclic) bond motifs is 1. The van der Waals surface area contributed by atoms with Crippen molar-refractivity contribution < 1.29 is 4.74 Å². The molecule has 1 aliphatic carbocycles. The van der Waals surface area contributed by atoms with E-state index < -0.39 is 0 Å². The van der Waals surface area contributed by atoms with Crippen molar-refractivity contribution in [2.24, 2.45) is 11.7 Å². The van der Waals surface area contributed by atoms with Crippen LogP contribution in [0.5, 0.6) is 5.75 Å². The molecule has 146 valence electrons. The Morgan fingerprint density at radius 3 is 2.68 bits per heavy atom. The van der Waals surface area contributed by atoms with E-state index in [1.54, 1.807) is 0 Å². The van der Waals surface area contributed by atoms with Gasteiger partial charge in [-0.25, -0.2) is 0 Å². The van der Waals surface area contributed by atoms with Gasteiger partial charge in [0.15, 0.2) is 0 Å². The fourth-order valence-corrected chi connectivity index (χ4v) is 4.10. The summed E-state index contributed by atoms with van der Waals surface area (Å²) in [6.45, 7) is 7.07. The highest BCUT2D eigenvalue weighted by molar-refractivity contribution is 5.94. The van der Waals surface area contributed by atoms with E-state index in [0.717, 1.165) is 17.7 Å². The molecule has 4 rings (SSSR count). The summed E-state index contributed by atoms with van der Waals surface area (Å²) in [7, 11) is 0. The molecule has 2 aromatic carbocycles. The molecular weight excluding hydrogens is 344 g/mol. The van der Waals surface area contributed by atoms with E-state index in [-0.39, 0.29) is 5.54 Å². The fraction of sp³-hybridized carbons (Fsp3) is 0.400. The number of nitrogens with zero attached hydrogens (tertiary/aromatic N) is 1. The first-order valence-corrected chi connectivity index (χ1v) is 10.3. The predicted octanol–water partition coefficient (Wildman–Crippen LogP) is 5.92. The van der Waals surface area contributed by atoms with E-state index in [0.29, 0.717) is 18.4 Å². The first-order chi connectivity index (χ1) is 13.4. The van der Waals surface area contributed by atoms with E-state index in [4.69, 9.17) is 10.5 Å². The van der Waals surface area contributed by atoms with Gasteiger partial charge in [0.2, 0.25) is 0 Å². The highest BCUT2D eigenvalue weighted by atomic mass is 16.5. The van der Waals surface area contributed by atoms with Crippen LogP contribution in [0, 0.1) is 5.92 Å². The summed E-state index contributed by atoms with van der Waals surface area (Å²) in [5, 5.41) is 1.19. The molecule has 0 bridgehead atoms. The zero-order chi connectivity index (χ0) is 19.7. The highest BCUT2D eigenvalue weighted by Gasteiger charge is 2.28. The molecule has 3 nitrogen and oxygen atoms in total. The zero-order valence-corrected chi connectivity index (χ0v) is 17.1. The fourth-order valence-electron chi connectivity index (χ4n) is 4.10. The van der Waals surface area contributed by atoms with Gasteiger partial charge in [0.05, 0.1) is 12.1 Å². The number of benzene rings is 2. The topological polar surface area (TPSA) is 48.1 Å². The number of pyridine rings is 1. The van der Waals surface area contributed by atoms with Crippen molar-refractivity contribution in [3.8, 4) is 16.9 Å². The van der Waals surface area contributed by atoms with Gasteiger partial charge >= 0.3 is 0 Å². The van der Waals surface area contributed by atoms with Gasteiger partial charge in [-0.3, -0.25) is 4.98 Å². The van der Waals surface area contributed by atoms with Crippen molar-refractivity contribution in [2.75, 3.05) is 6.61 Å².